The Hall–Kier alpha value is -2.98. The molecule has 4 rings (SSSR count). The van der Waals surface area contributed by atoms with Gasteiger partial charge in [0, 0.05) is 25.3 Å². The van der Waals surface area contributed by atoms with E-state index in [0.29, 0.717) is 18.2 Å². The van der Waals surface area contributed by atoms with E-state index in [1.54, 1.807) is 30.3 Å². The van der Waals surface area contributed by atoms with E-state index in [-0.39, 0.29) is 29.4 Å². The molecule has 1 N–H and O–H groups in total. The first kappa shape index (κ1) is 20.3. The van der Waals surface area contributed by atoms with Crippen molar-refractivity contribution >= 4 is 21.1 Å². The van der Waals surface area contributed by atoms with E-state index in [4.69, 9.17) is 4.74 Å². The predicted molar refractivity (Wildman–Crippen MR) is 111 cm³/mol. The molecule has 1 aliphatic heterocycles. The molecule has 2 aromatic heterocycles. The molecular formula is C20H22N4O5S. The number of nitrogens with one attached hydrogen (secondary N) is 1. The average Bonchev–Trinajstić information content (AvgIpc) is 2.74. The molecule has 3 aromatic rings. The lowest BCUT2D eigenvalue weighted by Gasteiger charge is -2.32. The van der Waals surface area contributed by atoms with Crippen LogP contribution in [0.25, 0.3) is 11.0 Å². The number of rotatable bonds is 4. The second kappa shape index (κ2) is 7.69. The van der Waals surface area contributed by atoms with Crippen molar-refractivity contribution in [1.29, 1.82) is 0 Å². The number of pyridine rings is 1. The molecule has 0 unspecified atom stereocenters. The lowest BCUT2D eigenvalue weighted by molar-refractivity contribution is 0.265. The zero-order valence-corrected chi connectivity index (χ0v) is 17.5. The summed E-state index contributed by atoms with van der Waals surface area (Å²) >= 11 is 0. The number of ether oxygens (including phenoxy) is 1. The number of hydrogen-bond donors (Lipinski definition) is 1. The number of benzene rings is 1. The molecule has 1 fully saturated rings. The highest BCUT2D eigenvalue weighted by atomic mass is 32.2. The van der Waals surface area contributed by atoms with Gasteiger partial charge in [0.1, 0.15) is 16.3 Å². The van der Waals surface area contributed by atoms with Gasteiger partial charge in [0.25, 0.3) is 5.56 Å². The van der Waals surface area contributed by atoms with E-state index in [1.807, 2.05) is 6.92 Å². The molecule has 0 radical (unpaired) electrons. The van der Waals surface area contributed by atoms with Crippen LogP contribution < -0.4 is 16.0 Å². The van der Waals surface area contributed by atoms with Crippen LogP contribution in [-0.4, -0.2) is 47.5 Å². The van der Waals surface area contributed by atoms with E-state index in [1.165, 1.54) is 22.2 Å². The first-order valence-corrected chi connectivity index (χ1v) is 11.0. The quantitative estimate of drug-likeness (QED) is 0.670. The van der Waals surface area contributed by atoms with E-state index >= 15 is 0 Å². The van der Waals surface area contributed by atoms with Crippen molar-refractivity contribution in [3.05, 3.63) is 62.9 Å². The van der Waals surface area contributed by atoms with Gasteiger partial charge < -0.3 is 4.74 Å². The number of aromatic amines is 1. The summed E-state index contributed by atoms with van der Waals surface area (Å²) in [4.78, 5) is 32.1. The third kappa shape index (κ3) is 3.41. The molecule has 1 aromatic carbocycles. The number of sulfonamides is 1. The number of H-pyrrole nitrogens is 1. The Bertz CT molecular complexity index is 1320. The van der Waals surface area contributed by atoms with Crippen LogP contribution in [0.3, 0.4) is 0 Å². The normalized spacial score (nSPS) is 16.1. The molecule has 0 bridgehead atoms. The minimum absolute atomic E-state index is 0.121. The van der Waals surface area contributed by atoms with Gasteiger partial charge in [0.15, 0.2) is 0 Å². The average molecular weight is 430 g/mol. The Morgan fingerprint density at radius 3 is 2.60 bits per heavy atom. The van der Waals surface area contributed by atoms with Crippen LogP contribution in [0.2, 0.25) is 0 Å². The Morgan fingerprint density at radius 1 is 1.17 bits per heavy atom. The highest BCUT2D eigenvalue weighted by Crippen LogP contribution is 2.31. The summed E-state index contributed by atoms with van der Waals surface area (Å²) in [7, 11) is -2.33. The minimum Gasteiger partial charge on any atom is -0.495 e. The van der Waals surface area contributed by atoms with Crippen molar-refractivity contribution in [2.45, 2.75) is 30.7 Å². The third-order valence-electron chi connectivity index (χ3n) is 5.43. The van der Waals surface area contributed by atoms with Crippen molar-refractivity contribution < 1.29 is 13.2 Å². The van der Waals surface area contributed by atoms with Crippen molar-refractivity contribution in [2.75, 3.05) is 20.2 Å². The summed E-state index contributed by atoms with van der Waals surface area (Å²) in [5.74, 6) is 0.289. The maximum Gasteiger partial charge on any atom is 0.330 e. The predicted octanol–water partition coefficient (Wildman–Crippen LogP) is 1.43. The smallest absolute Gasteiger partial charge is 0.330 e. The van der Waals surface area contributed by atoms with E-state index in [2.05, 4.69) is 9.97 Å². The number of nitrogens with zero attached hydrogens (tertiary/aromatic N) is 3. The fraction of sp³-hybridized carbons (Fsp3) is 0.350. The maximum absolute atomic E-state index is 13.2. The molecule has 9 nitrogen and oxygen atoms in total. The summed E-state index contributed by atoms with van der Waals surface area (Å²) in [5.41, 5.74) is 0.110. The summed E-state index contributed by atoms with van der Waals surface area (Å²) in [6, 6.07) is 7.87. The lowest BCUT2D eigenvalue weighted by atomic mass is 10.1. The summed E-state index contributed by atoms with van der Waals surface area (Å²) in [6.07, 6.45) is 2.20. The second-order valence-corrected chi connectivity index (χ2v) is 9.20. The molecule has 3 heterocycles. The van der Waals surface area contributed by atoms with Crippen LogP contribution in [-0.2, 0) is 10.0 Å². The molecule has 0 atom stereocenters. The third-order valence-corrected chi connectivity index (χ3v) is 7.35. The highest BCUT2D eigenvalue weighted by molar-refractivity contribution is 7.89. The van der Waals surface area contributed by atoms with Crippen molar-refractivity contribution in [2.24, 2.45) is 0 Å². The van der Waals surface area contributed by atoms with Crippen LogP contribution in [0, 0.1) is 6.92 Å². The highest BCUT2D eigenvalue weighted by Gasteiger charge is 2.33. The van der Waals surface area contributed by atoms with Crippen molar-refractivity contribution in [1.82, 2.24) is 18.8 Å². The van der Waals surface area contributed by atoms with E-state index in [9.17, 15) is 18.0 Å². The molecule has 1 saturated heterocycles. The van der Waals surface area contributed by atoms with Crippen molar-refractivity contribution in [3.8, 4) is 5.75 Å². The molecule has 30 heavy (non-hydrogen) atoms. The number of hydrogen-bond acceptors (Lipinski definition) is 6. The monoisotopic (exact) mass is 430 g/mol. The summed E-state index contributed by atoms with van der Waals surface area (Å²) in [6.45, 7) is 2.21. The van der Waals surface area contributed by atoms with Gasteiger partial charge in [-0.1, -0.05) is 6.07 Å². The molecule has 10 heteroatoms. The van der Waals surface area contributed by atoms with Crippen LogP contribution in [0.5, 0.6) is 5.75 Å². The number of aryl methyl sites for hydroxylation is 1. The maximum atomic E-state index is 13.2. The molecule has 0 amide bonds. The van der Waals surface area contributed by atoms with Gasteiger partial charge in [0.05, 0.1) is 12.5 Å². The number of fused-ring (bicyclic) bond motifs is 1. The minimum atomic E-state index is -3.76. The Balaban J connectivity index is 1.62. The molecule has 0 spiro atoms. The zero-order chi connectivity index (χ0) is 21.5. The Kier molecular flexibility index (Phi) is 5.20. The first-order valence-electron chi connectivity index (χ1n) is 9.57. The first-order chi connectivity index (χ1) is 14.3. The Morgan fingerprint density at radius 2 is 1.90 bits per heavy atom. The van der Waals surface area contributed by atoms with E-state index in [0.717, 1.165) is 5.56 Å². The summed E-state index contributed by atoms with van der Waals surface area (Å²) in [5, 5.41) is 0.330. The number of piperidine rings is 1. The zero-order valence-electron chi connectivity index (χ0n) is 16.7. The number of methoxy groups -OCH3 is 1. The SMILES string of the molecule is COc1ccc(C)cc1S(=O)(=O)N1CCC(n2c(=O)[nH]c3ncccc3c2=O)CC1. The molecular weight excluding hydrogens is 408 g/mol. The van der Waals surface area contributed by atoms with Crippen molar-refractivity contribution in [3.63, 3.8) is 0 Å². The largest absolute Gasteiger partial charge is 0.495 e. The van der Waals surface area contributed by atoms with Gasteiger partial charge in [-0.3, -0.25) is 14.3 Å². The second-order valence-electron chi connectivity index (χ2n) is 7.29. The topological polar surface area (TPSA) is 114 Å². The molecule has 0 saturated carbocycles. The van der Waals surface area contributed by atoms with Crippen LogP contribution in [0.1, 0.15) is 24.4 Å². The van der Waals surface area contributed by atoms with Gasteiger partial charge in [-0.2, -0.15) is 4.31 Å². The lowest BCUT2D eigenvalue weighted by Crippen LogP contribution is -2.45. The summed E-state index contributed by atoms with van der Waals surface area (Å²) < 4.78 is 34.1. The molecule has 158 valence electrons. The molecule has 1 aliphatic rings. The van der Waals surface area contributed by atoms with Gasteiger partial charge in [-0.15, -0.1) is 0 Å². The molecule has 0 aliphatic carbocycles. The Labute approximate surface area is 173 Å². The van der Waals surface area contributed by atoms with Gasteiger partial charge >= 0.3 is 5.69 Å². The standard InChI is InChI=1S/C20H22N4O5S/c1-13-5-6-16(29-2)17(12-13)30(27,28)23-10-7-14(8-11-23)24-19(25)15-4-3-9-21-18(15)22-20(24)26/h3-6,9,12,14H,7-8,10-11H2,1-2H3,(H,21,22,26). The van der Waals surface area contributed by atoms with Gasteiger partial charge in [-0.25, -0.2) is 18.2 Å². The van der Waals surface area contributed by atoms with Crippen LogP contribution in [0.4, 0.5) is 0 Å². The fourth-order valence-corrected chi connectivity index (χ4v) is 5.57. The van der Waals surface area contributed by atoms with E-state index < -0.39 is 27.3 Å². The van der Waals surface area contributed by atoms with Gasteiger partial charge in [0.2, 0.25) is 10.0 Å². The van der Waals surface area contributed by atoms with Gasteiger partial charge in [-0.05, 0) is 49.6 Å². The van der Waals surface area contributed by atoms with Crippen LogP contribution >= 0.6 is 0 Å². The van der Waals surface area contributed by atoms with Crippen LogP contribution in [0.15, 0.2) is 51.0 Å². The fourth-order valence-electron chi connectivity index (χ4n) is 3.86. The number of aromatic nitrogens is 3.